The lowest BCUT2D eigenvalue weighted by molar-refractivity contribution is -0.148. The van der Waals surface area contributed by atoms with E-state index in [-0.39, 0.29) is 11.3 Å². The van der Waals surface area contributed by atoms with Gasteiger partial charge in [-0.15, -0.1) is 0 Å². The molecule has 0 unspecified atom stereocenters. The molecule has 3 rings (SSSR count). The third-order valence-corrected chi connectivity index (χ3v) is 6.18. The van der Waals surface area contributed by atoms with Crippen LogP contribution in [0.5, 0.6) is 0 Å². The van der Waals surface area contributed by atoms with Gasteiger partial charge in [0.1, 0.15) is 11.5 Å². The van der Waals surface area contributed by atoms with Crippen LogP contribution in [-0.2, 0) is 14.3 Å². The third kappa shape index (κ3) is 3.95. The van der Waals surface area contributed by atoms with Crippen molar-refractivity contribution in [3.8, 4) is 0 Å². The van der Waals surface area contributed by atoms with Crippen molar-refractivity contribution >= 4 is 11.9 Å². The van der Waals surface area contributed by atoms with Crippen molar-refractivity contribution in [3.63, 3.8) is 0 Å². The monoisotopic (exact) mass is 387 g/mol. The zero-order valence-electron chi connectivity index (χ0n) is 17.7. The number of rotatable bonds is 8. The van der Waals surface area contributed by atoms with E-state index in [2.05, 4.69) is 46.8 Å². The largest absolute Gasteiger partial charge is 0.481 e. The first-order chi connectivity index (χ1) is 13.0. The molecule has 5 heteroatoms. The van der Waals surface area contributed by atoms with Crippen molar-refractivity contribution in [2.45, 2.75) is 65.6 Å². The lowest BCUT2D eigenvalue weighted by atomic mass is 9.77. The molecule has 0 aromatic rings. The SMILES string of the molecule is CC(C)=CCC/C(C)=C\CC(C)(C)CN1C[C@]23C=C[C@H](O2)[C@H](C(=O)O)[C@@H]3C1=O. The zero-order valence-corrected chi connectivity index (χ0v) is 17.7. The van der Waals surface area contributed by atoms with Gasteiger partial charge in [0.2, 0.25) is 5.91 Å². The summed E-state index contributed by atoms with van der Waals surface area (Å²) in [6.07, 6.45) is 10.8. The summed E-state index contributed by atoms with van der Waals surface area (Å²) in [7, 11) is 0. The maximum atomic E-state index is 13.0. The van der Waals surface area contributed by atoms with Crippen molar-refractivity contribution in [2.24, 2.45) is 17.3 Å². The van der Waals surface area contributed by atoms with Crippen LogP contribution in [0, 0.1) is 17.3 Å². The van der Waals surface area contributed by atoms with Gasteiger partial charge in [0, 0.05) is 6.54 Å². The van der Waals surface area contributed by atoms with E-state index in [4.69, 9.17) is 4.74 Å². The molecule has 0 aromatic heterocycles. The molecule has 2 bridgehead atoms. The fourth-order valence-electron chi connectivity index (χ4n) is 4.72. The Labute approximate surface area is 168 Å². The molecule has 0 aromatic carbocycles. The first kappa shape index (κ1) is 20.8. The van der Waals surface area contributed by atoms with Gasteiger partial charge in [0.25, 0.3) is 0 Å². The number of hydrogen-bond donors (Lipinski definition) is 1. The van der Waals surface area contributed by atoms with Crippen LogP contribution in [0.15, 0.2) is 35.5 Å². The van der Waals surface area contributed by atoms with Gasteiger partial charge < -0.3 is 14.7 Å². The highest BCUT2D eigenvalue weighted by Gasteiger charge is 2.67. The van der Waals surface area contributed by atoms with Crippen LogP contribution in [0.25, 0.3) is 0 Å². The topological polar surface area (TPSA) is 66.8 Å². The molecular formula is C23H33NO4. The Balaban J connectivity index is 1.62. The van der Waals surface area contributed by atoms with E-state index in [9.17, 15) is 14.7 Å². The predicted molar refractivity (Wildman–Crippen MR) is 109 cm³/mol. The number of aliphatic carboxylic acids is 1. The summed E-state index contributed by atoms with van der Waals surface area (Å²) in [5.41, 5.74) is 1.89. The highest BCUT2D eigenvalue weighted by molar-refractivity contribution is 5.90. The van der Waals surface area contributed by atoms with E-state index in [1.165, 1.54) is 11.1 Å². The summed E-state index contributed by atoms with van der Waals surface area (Å²) in [6.45, 7) is 11.8. The molecule has 2 fully saturated rings. The predicted octanol–water partition coefficient (Wildman–Crippen LogP) is 3.96. The lowest BCUT2D eigenvalue weighted by Gasteiger charge is -2.31. The van der Waals surface area contributed by atoms with Gasteiger partial charge in [0.05, 0.1) is 18.6 Å². The molecule has 1 spiro atoms. The quantitative estimate of drug-likeness (QED) is 0.640. The lowest BCUT2D eigenvalue weighted by Crippen LogP contribution is -2.40. The molecule has 4 atom stereocenters. The number of amides is 1. The zero-order chi connectivity index (χ0) is 20.7. The molecule has 0 saturated carbocycles. The number of carbonyl (C=O) groups is 2. The van der Waals surface area contributed by atoms with E-state index >= 15 is 0 Å². The van der Waals surface area contributed by atoms with Crippen LogP contribution < -0.4 is 0 Å². The smallest absolute Gasteiger partial charge is 0.310 e. The first-order valence-electron chi connectivity index (χ1n) is 10.2. The Bertz CT molecular complexity index is 744. The number of carbonyl (C=O) groups excluding carboxylic acids is 1. The second-order valence-electron chi connectivity index (χ2n) is 9.67. The minimum Gasteiger partial charge on any atom is -0.481 e. The molecule has 1 N–H and O–H groups in total. The molecule has 154 valence electrons. The van der Waals surface area contributed by atoms with E-state index in [0.717, 1.165) is 19.3 Å². The Kier molecular flexibility index (Phi) is 5.59. The summed E-state index contributed by atoms with van der Waals surface area (Å²) >= 11 is 0. The fraction of sp³-hybridized carbons (Fsp3) is 0.652. The van der Waals surface area contributed by atoms with Gasteiger partial charge in [-0.2, -0.15) is 0 Å². The normalized spacial score (nSPS) is 31.5. The van der Waals surface area contributed by atoms with Crippen molar-refractivity contribution in [2.75, 3.05) is 13.1 Å². The first-order valence-corrected chi connectivity index (χ1v) is 10.2. The van der Waals surface area contributed by atoms with Gasteiger partial charge in [-0.25, -0.2) is 0 Å². The summed E-state index contributed by atoms with van der Waals surface area (Å²) < 4.78 is 5.96. The molecular weight excluding hydrogens is 354 g/mol. The number of fused-ring (bicyclic) bond motifs is 1. The molecule has 28 heavy (non-hydrogen) atoms. The maximum absolute atomic E-state index is 13.0. The van der Waals surface area contributed by atoms with Gasteiger partial charge in [-0.1, -0.05) is 49.3 Å². The Morgan fingerprint density at radius 3 is 2.71 bits per heavy atom. The molecule has 3 aliphatic rings. The van der Waals surface area contributed by atoms with Crippen molar-refractivity contribution in [1.29, 1.82) is 0 Å². The second kappa shape index (κ2) is 7.51. The Morgan fingerprint density at radius 2 is 2.07 bits per heavy atom. The van der Waals surface area contributed by atoms with Crippen LogP contribution in [0.2, 0.25) is 0 Å². The fourth-order valence-corrected chi connectivity index (χ4v) is 4.72. The summed E-state index contributed by atoms with van der Waals surface area (Å²) in [4.78, 5) is 26.5. The van der Waals surface area contributed by atoms with Gasteiger partial charge >= 0.3 is 5.97 Å². The highest BCUT2D eigenvalue weighted by Crippen LogP contribution is 2.52. The third-order valence-electron chi connectivity index (χ3n) is 6.18. The second-order valence-corrected chi connectivity index (χ2v) is 9.67. The standard InChI is InChI=1S/C23H33NO4/c1-15(2)7-6-8-16(3)9-11-22(4,5)13-24-14-23-12-10-17(28-23)18(21(26)27)19(23)20(24)25/h7,9-10,12,17-19H,6,8,11,13-14H2,1-5H3,(H,26,27)/b16-9-/t17-,18-,19+,23-/m0/s1. The van der Waals surface area contributed by atoms with Crippen molar-refractivity contribution < 1.29 is 19.4 Å². The maximum Gasteiger partial charge on any atom is 0.310 e. The number of ether oxygens (including phenoxy) is 1. The number of likely N-dealkylation sites (tertiary alicyclic amines) is 1. The Hall–Kier alpha value is -1.88. The molecule has 0 aliphatic carbocycles. The minimum atomic E-state index is -0.939. The molecule has 1 amide bonds. The average molecular weight is 388 g/mol. The van der Waals surface area contributed by atoms with Crippen LogP contribution in [0.4, 0.5) is 0 Å². The van der Waals surface area contributed by atoms with Crippen LogP contribution in [0.1, 0.15) is 53.9 Å². The molecule has 0 radical (unpaired) electrons. The van der Waals surface area contributed by atoms with Crippen molar-refractivity contribution in [1.82, 2.24) is 4.90 Å². The Morgan fingerprint density at radius 1 is 1.36 bits per heavy atom. The number of carboxylic acids is 1. The summed E-state index contributed by atoms with van der Waals surface area (Å²) in [5, 5.41) is 9.57. The van der Waals surface area contributed by atoms with Crippen LogP contribution in [-0.4, -0.2) is 46.7 Å². The van der Waals surface area contributed by atoms with E-state index < -0.39 is 29.5 Å². The number of carboxylic acid groups (broad SMARTS) is 1. The van der Waals surface area contributed by atoms with Crippen LogP contribution in [0.3, 0.4) is 0 Å². The number of allylic oxidation sites excluding steroid dienone is 4. The van der Waals surface area contributed by atoms with Gasteiger partial charge in [0.15, 0.2) is 0 Å². The summed E-state index contributed by atoms with van der Waals surface area (Å²) in [6, 6.07) is 0. The molecule has 3 heterocycles. The van der Waals surface area contributed by atoms with Gasteiger partial charge in [-0.3, -0.25) is 9.59 Å². The number of nitrogens with zero attached hydrogens (tertiary/aromatic N) is 1. The summed E-state index contributed by atoms with van der Waals surface area (Å²) in [5.74, 6) is -2.36. The van der Waals surface area contributed by atoms with E-state index in [1.54, 1.807) is 0 Å². The van der Waals surface area contributed by atoms with E-state index in [1.807, 2.05) is 17.1 Å². The molecule has 2 saturated heterocycles. The van der Waals surface area contributed by atoms with Gasteiger partial charge in [-0.05, 0) is 45.4 Å². The minimum absolute atomic E-state index is 0.0726. The van der Waals surface area contributed by atoms with Crippen LogP contribution >= 0.6 is 0 Å². The molecule has 3 aliphatic heterocycles. The van der Waals surface area contributed by atoms with E-state index in [0.29, 0.717) is 13.1 Å². The number of hydrogen-bond acceptors (Lipinski definition) is 3. The average Bonchev–Trinajstić information content (AvgIpc) is 3.21. The highest BCUT2D eigenvalue weighted by atomic mass is 16.5. The van der Waals surface area contributed by atoms with Crippen molar-refractivity contribution in [3.05, 3.63) is 35.5 Å². The molecule has 5 nitrogen and oxygen atoms in total.